The van der Waals surface area contributed by atoms with Crippen molar-refractivity contribution in [3.05, 3.63) is 71.8 Å². The normalized spacial score (nSPS) is 16.3. The minimum Gasteiger partial charge on any atom is -0.480 e. The standard InChI is InChI=1S/C55H86N6O12/c1-11-12-13-23-30-45(71-33-37(4)57-54(69)73-55(7,8)9)38(5)51(65)61(10)44(31-36(2)3)49(63)60-47(42-28-21-16-22-29-42)50(64)58-43(32-56-53(68)72-35-41-26-19-15-20-27-41)48(62)59-46(52(66)67)39(6)70-34-40-24-17-14-18-25-40/h14-15,17-20,24-27,36-39,42-47H,11-13,16,21-23,28-35H2,1-10H3,(H,56,68)(H,57,69)(H,58,64)(H,59,62)(H,60,63)(H,66,67). The molecule has 6 amide bonds. The monoisotopic (exact) mass is 1020 g/mol. The summed E-state index contributed by atoms with van der Waals surface area (Å²) in [5.74, 6) is -5.00. The van der Waals surface area contributed by atoms with E-state index in [0.29, 0.717) is 24.8 Å². The molecule has 1 aliphatic rings. The molecule has 73 heavy (non-hydrogen) atoms. The number of carbonyl (C=O) groups is 7. The lowest BCUT2D eigenvalue weighted by Crippen LogP contribution is -2.62. The van der Waals surface area contributed by atoms with Crippen molar-refractivity contribution in [3.63, 3.8) is 0 Å². The summed E-state index contributed by atoms with van der Waals surface area (Å²) < 4.78 is 23.0. The van der Waals surface area contributed by atoms with E-state index >= 15 is 0 Å². The Balaban J connectivity index is 1.89. The molecular weight excluding hydrogens is 937 g/mol. The Morgan fingerprint density at radius 3 is 1.92 bits per heavy atom. The Kier molecular flexibility index (Phi) is 26.8. The summed E-state index contributed by atoms with van der Waals surface area (Å²) in [4.78, 5) is 97.7. The van der Waals surface area contributed by atoms with E-state index in [9.17, 15) is 38.7 Å². The number of ether oxygens (including phenoxy) is 4. The predicted octanol–water partition coefficient (Wildman–Crippen LogP) is 7.42. The van der Waals surface area contributed by atoms with Crippen molar-refractivity contribution in [2.75, 3.05) is 20.2 Å². The summed E-state index contributed by atoms with van der Waals surface area (Å²) in [6.45, 7) is 16.0. The largest absolute Gasteiger partial charge is 0.480 e. The number of nitrogens with one attached hydrogen (secondary N) is 5. The Hall–Kier alpha value is -5.75. The van der Waals surface area contributed by atoms with Crippen molar-refractivity contribution in [1.82, 2.24) is 31.5 Å². The molecule has 0 saturated heterocycles. The Morgan fingerprint density at radius 1 is 0.726 bits per heavy atom. The van der Waals surface area contributed by atoms with Gasteiger partial charge >= 0.3 is 18.2 Å². The first-order valence-corrected chi connectivity index (χ1v) is 26.2. The van der Waals surface area contributed by atoms with E-state index in [2.05, 4.69) is 33.5 Å². The molecule has 0 spiro atoms. The van der Waals surface area contributed by atoms with Crippen molar-refractivity contribution in [2.24, 2.45) is 17.8 Å². The maximum Gasteiger partial charge on any atom is 0.407 e. The smallest absolute Gasteiger partial charge is 0.407 e. The van der Waals surface area contributed by atoms with Gasteiger partial charge in [-0.15, -0.1) is 0 Å². The van der Waals surface area contributed by atoms with Crippen molar-refractivity contribution in [3.8, 4) is 0 Å². The fraction of sp³-hybridized carbons (Fsp3) is 0.655. The van der Waals surface area contributed by atoms with E-state index in [0.717, 1.165) is 50.5 Å². The first kappa shape index (κ1) is 61.5. The number of hydrogen-bond donors (Lipinski definition) is 6. The second-order valence-electron chi connectivity index (χ2n) is 20.9. The lowest BCUT2D eigenvalue weighted by Gasteiger charge is -2.36. The number of unbranched alkanes of at least 4 members (excludes halogenated alkanes) is 3. The number of carbonyl (C=O) groups excluding carboxylic acids is 6. The van der Waals surface area contributed by atoms with Gasteiger partial charge in [0, 0.05) is 7.05 Å². The molecule has 18 heteroatoms. The molecule has 0 aromatic heterocycles. The van der Waals surface area contributed by atoms with Crippen LogP contribution in [0.5, 0.6) is 0 Å². The van der Waals surface area contributed by atoms with Crippen molar-refractivity contribution >= 4 is 41.8 Å². The minimum atomic E-state index is -1.56. The molecular formula is C55H86N6O12. The molecule has 0 heterocycles. The second-order valence-corrected chi connectivity index (χ2v) is 20.9. The van der Waals surface area contributed by atoms with Crippen molar-refractivity contribution in [2.45, 2.75) is 194 Å². The van der Waals surface area contributed by atoms with E-state index in [1.54, 1.807) is 65.9 Å². The summed E-state index contributed by atoms with van der Waals surface area (Å²) >= 11 is 0. The third kappa shape index (κ3) is 22.9. The number of benzene rings is 2. The zero-order chi connectivity index (χ0) is 54.1. The predicted molar refractivity (Wildman–Crippen MR) is 278 cm³/mol. The average Bonchev–Trinajstić information content (AvgIpc) is 3.35. The van der Waals surface area contributed by atoms with Crippen LogP contribution in [0.2, 0.25) is 0 Å². The van der Waals surface area contributed by atoms with Gasteiger partial charge in [-0.3, -0.25) is 19.2 Å². The fourth-order valence-corrected chi connectivity index (χ4v) is 8.67. The van der Waals surface area contributed by atoms with Crippen LogP contribution in [0, 0.1) is 17.8 Å². The van der Waals surface area contributed by atoms with E-state index in [4.69, 9.17) is 18.9 Å². The zero-order valence-electron chi connectivity index (χ0n) is 45.0. The number of rotatable bonds is 30. The van der Waals surface area contributed by atoms with Crippen molar-refractivity contribution in [1.29, 1.82) is 0 Å². The summed E-state index contributed by atoms with van der Waals surface area (Å²) in [7, 11) is 1.58. The van der Waals surface area contributed by atoms with Crippen LogP contribution >= 0.6 is 0 Å². The highest BCUT2D eigenvalue weighted by Gasteiger charge is 2.39. The maximum absolute atomic E-state index is 14.7. The van der Waals surface area contributed by atoms with Gasteiger partial charge < -0.3 is 55.5 Å². The zero-order valence-corrected chi connectivity index (χ0v) is 45.0. The number of alkyl carbamates (subject to hydrolysis) is 2. The third-order valence-electron chi connectivity index (χ3n) is 12.8. The van der Waals surface area contributed by atoms with Crippen LogP contribution in [-0.2, 0) is 56.1 Å². The van der Waals surface area contributed by atoms with Gasteiger partial charge in [-0.25, -0.2) is 14.4 Å². The number of carboxylic acids is 1. The number of carboxylic acid groups (broad SMARTS) is 1. The molecule has 18 nitrogen and oxygen atoms in total. The Labute approximate surface area is 433 Å². The molecule has 408 valence electrons. The first-order valence-electron chi connectivity index (χ1n) is 26.2. The highest BCUT2D eigenvalue weighted by atomic mass is 16.6. The van der Waals surface area contributed by atoms with Gasteiger partial charge in [-0.05, 0) is 83.3 Å². The molecule has 8 unspecified atom stereocenters. The third-order valence-corrected chi connectivity index (χ3v) is 12.8. The summed E-state index contributed by atoms with van der Waals surface area (Å²) in [5, 5.41) is 23.8. The van der Waals surface area contributed by atoms with Crippen LogP contribution in [0.1, 0.15) is 144 Å². The number of likely N-dealkylation sites (N-methyl/N-ethyl adjacent to an activating group) is 1. The molecule has 8 atom stereocenters. The molecule has 1 aliphatic carbocycles. The summed E-state index contributed by atoms with van der Waals surface area (Å²) in [5.41, 5.74) is 0.823. The minimum absolute atomic E-state index is 0.0498. The molecule has 0 radical (unpaired) electrons. The van der Waals surface area contributed by atoms with Gasteiger partial charge in [0.05, 0.1) is 43.9 Å². The average molecular weight is 1020 g/mol. The van der Waals surface area contributed by atoms with Gasteiger partial charge in [-0.2, -0.15) is 0 Å². The number of nitrogens with zero attached hydrogens (tertiary/aromatic N) is 1. The van der Waals surface area contributed by atoms with Crippen molar-refractivity contribution < 1.29 is 57.6 Å². The number of amides is 6. The molecule has 2 aromatic carbocycles. The van der Waals surface area contributed by atoms with Crippen LogP contribution in [0.15, 0.2) is 60.7 Å². The molecule has 0 aliphatic heterocycles. The first-order chi connectivity index (χ1) is 34.6. The SMILES string of the molecule is CCCCCCC(OCC(C)NC(=O)OC(C)(C)C)C(C)C(=O)N(C)C(CC(C)C)C(=O)NC(C(=O)NC(CNC(=O)OCc1ccccc1)C(=O)NC(C(=O)O)C(C)OCc1ccccc1)C1CCCCC1. The highest BCUT2D eigenvalue weighted by molar-refractivity contribution is 5.95. The van der Waals surface area contributed by atoms with Gasteiger partial charge in [0.1, 0.15) is 30.3 Å². The van der Waals surface area contributed by atoms with E-state index in [1.165, 1.54) is 11.8 Å². The quantitative estimate of drug-likeness (QED) is 0.0419. The number of aliphatic carboxylic acids is 1. The Bertz CT molecular complexity index is 2010. The topological polar surface area (TPSA) is 240 Å². The van der Waals surface area contributed by atoms with Crippen LogP contribution in [0.3, 0.4) is 0 Å². The molecule has 6 N–H and O–H groups in total. The Morgan fingerprint density at radius 2 is 1.34 bits per heavy atom. The van der Waals surface area contributed by atoms with Gasteiger partial charge in [0.15, 0.2) is 6.04 Å². The lowest BCUT2D eigenvalue weighted by atomic mass is 9.83. The molecule has 3 rings (SSSR count). The van der Waals surface area contributed by atoms with Crippen LogP contribution in [0.4, 0.5) is 9.59 Å². The van der Waals surface area contributed by atoms with Gasteiger partial charge in [0.2, 0.25) is 23.6 Å². The van der Waals surface area contributed by atoms with Crippen LogP contribution in [-0.4, -0.2) is 120 Å². The lowest BCUT2D eigenvalue weighted by molar-refractivity contribution is -0.147. The van der Waals surface area contributed by atoms with Gasteiger partial charge in [0.25, 0.3) is 0 Å². The maximum atomic E-state index is 14.7. The second kappa shape index (κ2) is 31.8. The molecule has 2 aromatic rings. The van der Waals surface area contributed by atoms with E-state index in [1.807, 2.05) is 50.2 Å². The van der Waals surface area contributed by atoms with E-state index < -0.39 is 96.4 Å². The van der Waals surface area contributed by atoms with Gasteiger partial charge in [-0.1, -0.05) is 133 Å². The highest BCUT2D eigenvalue weighted by Crippen LogP contribution is 2.28. The van der Waals surface area contributed by atoms with Crippen LogP contribution < -0.4 is 26.6 Å². The summed E-state index contributed by atoms with van der Waals surface area (Å²) in [6, 6.07) is 12.4. The molecule has 1 saturated carbocycles. The van der Waals surface area contributed by atoms with Crippen LogP contribution in [0.25, 0.3) is 0 Å². The fourth-order valence-electron chi connectivity index (χ4n) is 8.67. The van der Waals surface area contributed by atoms with E-state index in [-0.39, 0.29) is 44.0 Å². The molecule has 1 fully saturated rings. The molecule has 0 bridgehead atoms. The summed E-state index contributed by atoms with van der Waals surface area (Å²) in [6.07, 6.45) is 5.32. The number of hydrogen-bond acceptors (Lipinski definition) is 11.